The first kappa shape index (κ1) is 37.4. The number of halogens is 6. The van der Waals surface area contributed by atoms with Gasteiger partial charge in [-0.2, -0.15) is 26.3 Å². The fourth-order valence-electron chi connectivity index (χ4n) is 6.85. The molecule has 7 heterocycles. The molecule has 0 spiro atoms. The van der Waals surface area contributed by atoms with Gasteiger partial charge in [-0.15, -0.1) is 11.3 Å². The fourth-order valence-corrected chi connectivity index (χ4v) is 7.87. The molecule has 59 heavy (non-hydrogen) atoms. The van der Waals surface area contributed by atoms with E-state index in [0.717, 1.165) is 26.4 Å². The number of hydrazine groups is 1. The molecule has 0 aliphatic carbocycles. The lowest BCUT2D eigenvalue weighted by Crippen LogP contribution is -2.12. The molecule has 9 rings (SSSR count). The highest BCUT2D eigenvalue weighted by Crippen LogP contribution is 2.42. The Hall–Kier alpha value is -7.16. The van der Waals surface area contributed by atoms with Crippen molar-refractivity contribution in [3.05, 3.63) is 96.6 Å². The van der Waals surface area contributed by atoms with Gasteiger partial charge in [-0.05, 0) is 75.9 Å². The van der Waals surface area contributed by atoms with Gasteiger partial charge in [-0.3, -0.25) is 20.8 Å². The van der Waals surface area contributed by atoms with Gasteiger partial charge in [0.1, 0.15) is 11.0 Å². The van der Waals surface area contributed by atoms with Crippen molar-refractivity contribution in [2.24, 2.45) is 0 Å². The van der Waals surface area contributed by atoms with Gasteiger partial charge in [0.2, 0.25) is 11.6 Å². The summed E-state index contributed by atoms with van der Waals surface area (Å²) in [4.78, 5) is 20.1. The Kier molecular flexibility index (Phi) is 9.10. The standard InChI is InChI=1S/C38H26F6N12O2S/c1-3-55-31-23(20-12-21(37(39,40)41)14-22(13-20)38(42,43)44)15-45-17-25(31)47-35(55)29-33(53-57-51-29)49-50-34-30(52-58-54-34)36-48-26-18-46-16-24(32(26)56(36)4-2)28-11-10-27(59-28)19-8-6-5-7-9-19/h5-18H,3-4H2,1-2H3,(H,49,53)(H,50,54). The highest BCUT2D eigenvalue weighted by Gasteiger charge is 2.37. The quantitative estimate of drug-likeness (QED) is 0.0992. The summed E-state index contributed by atoms with van der Waals surface area (Å²) in [6, 6.07) is 15.5. The molecular formula is C38H26F6N12O2S. The maximum Gasteiger partial charge on any atom is 0.416 e. The zero-order chi connectivity index (χ0) is 41.1. The van der Waals surface area contributed by atoms with Crippen LogP contribution in [0.3, 0.4) is 0 Å². The topological polar surface area (TPSA) is 163 Å². The fraction of sp³-hybridized carbons (Fsp3) is 0.158. The Bertz CT molecular complexity index is 2950. The lowest BCUT2D eigenvalue weighted by Gasteiger charge is -2.15. The number of nitrogens with zero attached hydrogens (tertiary/aromatic N) is 10. The van der Waals surface area contributed by atoms with Gasteiger partial charge in [0, 0.05) is 46.4 Å². The molecule has 0 aliphatic heterocycles. The van der Waals surface area contributed by atoms with Crippen LogP contribution in [0.15, 0.2) is 94.7 Å². The molecule has 9 aromatic rings. The second kappa shape index (κ2) is 14.3. The minimum absolute atomic E-state index is 0.000659. The minimum atomic E-state index is -5.05. The molecule has 0 saturated heterocycles. The first-order valence-corrected chi connectivity index (χ1v) is 18.6. The Morgan fingerprint density at radius 1 is 0.593 bits per heavy atom. The molecule has 0 unspecified atom stereocenters. The molecule has 14 nitrogen and oxygen atoms in total. The third-order valence-corrected chi connectivity index (χ3v) is 10.6. The first-order chi connectivity index (χ1) is 28.4. The van der Waals surface area contributed by atoms with Crippen molar-refractivity contribution >= 4 is 45.0 Å². The van der Waals surface area contributed by atoms with E-state index in [1.54, 1.807) is 35.2 Å². The first-order valence-electron chi connectivity index (χ1n) is 17.7. The van der Waals surface area contributed by atoms with Gasteiger partial charge in [-0.1, -0.05) is 30.3 Å². The number of hydrogen-bond donors (Lipinski definition) is 2. The third-order valence-electron chi connectivity index (χ3n) is 9.46. The number of aromatic nitrogens is 10. The summed E-state index contributed by atoms with van der Waals surface area (Å²) in [5.41, 5.74) is 6.57. The van der Waals surface area contributed by atoms with E-state index in [9.17, 15) is 26.3 Å². The second-order valence-electron chi connectivity index (χ2n) is 13.0. The Balaban J connectivity index is 1.05. The lowest BCUT2D eigenvalue weighted by molar-refractivity contribution is -0.143. The van der Waals surface area contributed by atoms with Gasteiger partial charge in [0.25, 0.3) is 0 Å². The van der Waals surface area contributed by atoms with E-state index < -0.39 is 23.5 Å². The van der Waals surface area contributed by atoms with Crippen LogP contribution >= 0.6 is 11.3 Å². The van der Waals surface area contributed by atoms with Crippen molar-refractivity contribution in [2.45, 2.75) is 39.3 Å². The third kappa shape index (κ3) is 6.67. The Morgan fingerprint density at radius 2 is 1.10 bits per heavy atom. The molecule has 298 valence electrons. The van der Waals surface area contributed by atoms with Crippen LogP contribution in [-0.2, 0) is 25.4 Å². The number of nitrogens with one attached hydrogen (secondary N) is 2. The van der Waals surface area contributed by atoms with Crippen LogP contribution in [0, 0.1) is 0 Å². The summed E-state index contributed by atoms with van der Waals surface area (Å²) in [5, 5.41) is 16.1. The lowest BCUT2D eigenvalue weighted by atomic mass is 9.99. The van der Waals surface area contributed by atoms with E-state index in [4.69, 9.17) is 14.2 Å². The van der Waals surface area contributed by atoms with E-state index in [-0.39, 0.29) is 63.6 Å². The van der Waals surface area contributed by atoms with Gasteiger partial charge in [0.15, 0.2) is 23.0 Å². The summed E-state index contributed by atoms with van der Waals surface area (Å²) in [6.07, 6.45) is -4.12. The van der Waals surface area contributed by atoms with Crippen LogP contribution in [0.1, 0.15) is 25.0 Å². The molecule has 0 saturated carbocycles. The molecule has 0 bridgehead atoms. The SMILES string of the molecule is CCn1c(-c2nonc2NNc2nonc2-c2nc3cncc(-c4ccc(-c5ccccc5)s4)c3n2CC)nc2cncc(-c3cc(C(F)(F)F)cc(C(F)(F)F)c3)c21. The van der Waals surface area contributed by atoms with Crippen molar-refractivity contribution in [1.82, 2.24) is 49.7 Å². The average Bonchev–Trinajstić information content (AvgIpc) is 4.08. The minimum Gasteiger partial charge on any atom is -0.322 e. The number of imidazole rings is 2. The van der Waals surface area contributed by atoms with Crippen LogP contribution in [0.4, 0.5) is 38.0 Å². The number of anilines is 2. The number of hydrogen-bond acceptors (Lipinski definition) is 13. The van der Waals surface area contributed by atoms with Crippen LogP contribution in [-0.4, -0.2) is 49.7 Å². The van der Waals surface area contributed by atoms with Gasteiger partial charge in [-0.25, -0.2) is 19.2 Å². The largest absolute Gasteiger partial charge is 0.416 e. The Labute approximate surface area is 331 Å². The molecule has 7 aromatic heterocycles. The molecule has 0 fully saturated rings. The van der Waals surface area contributed by atoms with E-state index in [0.29, 0.717) is 30.0 Å². The van der Waals surface area contributed by atoms with Gasteiger partial charge in [0.05, 0.1) is 34.6 Å². The molecule has 0 aliphatic rings. The number of thiophene rings is 1. The maximum absolute atomic E-state index is 13.8. The second-order valence-corrected chi connectivity index (χ2v) is 14.1. The molecule has 21 heteroatoms. The van der Waals surface area contributed by atoms with Gasteiger partial charge < -0.3 is 9.13 Å². The number of alkyl halides is 6. The molecular weight excluding hydrogens is 803 g/mol. The number of benzene rings is 2. The molecule has 0 radical (unpaired) electrons. The van der Waals surface area contributed by atoms with Crippen molar-refractivity contribution in [3.63, 3.8) is 0 Å². The zero-order valence-corrected chi connectivity index (χ0v) is 31.3. The van der Waals surface area contributed by atoms with E-state index in [2.05, 4.69) is 64.6 Å². The smallest absolute Gasteiger partial charge is 0.322 e. The average molecular weight is 829 g/mol. The zero-order valence-electron chi connectivity index (χ0n) is 30.5. The molecule has 2 aromatic carbocycles. The van der Waals surface area contributed by atoms with E-state index >= 15 is 0 Å². The molecule has 0 atom stereocenters. The van der Waals surface area contributed by atoms with E-state index in [1.807, 2.05) is 35.8 Å². The van der Waals surface area contributed by atoms with Crippen molar-refractivity contribution in [3.8, 4) is 55.0 Å². The predicted molar refractivity (Wildman–Crippen MR) is 204 cm³/mol. The van der Waals surface area contributed by atoms with Crippen LogP contribution in [0.25, 0.3) is 77.1 Å². The summed E-state index contributed by atoms with van der Waals surface area (Å²) >= 11 is 1.63. The summed E-state index contributed by atoms with van der Waals surface area (Å²) < 4.78 is 96.5. The van der Waals surface area contributed by atoms with Crippen molar-refractivity contribution in [1.29, 1.82) is 0 Å². The number of pyridine rings is 2. The summed E-state index contributed by atoms with van der Waals surface area (Å²) in [5.74, 6) is 0.665. The molecule has 0 amide bonds. The Morgan fingerprint density at radius 3 is 1.63 bits per heavy atom. The maximum atomic E-state index is 13.8. The number of aryl methyl sites for hydroxylation is 2. The highest BCUT2D eigenvalue weighted by molar-refractivity contribution is 7.18. The molecule has 2 N–H and O–H groups in total. The predicted octanol–water partition coefficient (Wildman–Crippen LogP) is 9.85. The summed E-state index contributed by atoms with van der Waals surface area (Å²) in [6.45, 7) is 4.34. The number of rotatable bonds is 10. The monoisotopic (exact) mass is 828 g/mol. The van der Waals surface area contributed by atoms with Crippen molar-refractivity contribution in [2.75, 3.05) is 10.9 Å². The van der Waals surface area contributed by atoms with Crippen LogP contribution in [0.5, 0.6) is 0 Å². The van der Waals surface area contributed by atoms with Gasteiger partial charge >= 0.3 is 12.4 Å². The number of fused-ring (bicyclic) bond motifs is 2. The van der Waals surface area contributed by atoms with E-state index in [1.165, 1.54) is 12.4 Å². The van der Waals surface area contributed by atoms with Crippen molar-refractivity contribution < 1.29 is 35.6 Å². The van der Waals surface area contributed by atoms with Crippen LogP contribution in [0.2, 0.25) is 0 Å². The normalized spacial score (nSPS) is 12.2. The summed E-state index contributed by atoms with van der Waals surface area (Å²) in [7, 11) is 0. The highest BCUT2D eigenvalue weighted by atomic mass is 32.1. The van der Waals surface area contributed by atoms with Crippen LogP contribution < -0.4 is 10.9 Å².